The molecule has 5 nitrogen and oxygen atoms in total. The van der Waals surface area contributed by atoms with E-state index in [2.05, 4.69) is 21.2 Å². The summed E-state index contributed by atoms with van der Waals surface area (Å²) >= 11 is 3.31. The number of hydrogen-bond acceptors (Lipinski definition) is 3. The van der Waals surface area contributed by atoms with Gasteiger partial charge in [0.1, 0.15) is 6.54 Å². The number of amides is 1. The van der Waals surface area contributed by atoms with E-state index in [0.717, 1.165) is 26.2 Å². The van der Waals surface area contributed by atoms with E-state index in [-0.39, 0.29) is 18.5 Å². The van der Waals surface area contributed by atoms with E-state index in [9.17, 15) is 13.2 Å². The van der Waals surface area contributed by atoms with Crippen molar-refractivity contribution in [1.82, 2.24) is 5.32 Å². The molecule has 0 aliphatic carbocycles. The molecule has 7 heteroatoms. The summed E-state index contributed by atoms with van der Waals surface area (Å²) in [6.45, 7) is 3.60. The van der Waals surface area contributed by atoms with E-state index in [4.69, 9.17) is 0 Å². The fraction of sp³-hybridized carbons (Fsp3) is 0.278. The lowest BCUT2D eigenvalue weighted by Crippen LogP contribution is -2.41. The Hall–Kier alpha value is -1.86. The molecule has 0 heterocycles. The summed E-state index contributed by atoms with van der Waals surface area (Å²) in [5, 5.41) is 2.85. The van der Waals surface area contributed by atoms with Gasteiger partial charge in [-0.1, -0.05) is 45.8 Å². The molecular weight excluding hydrogens is 404 g/mol. The highest BCUT2D eigenvalue weighted by Crippen LogP contribution is 2.21. The second kappa shape index (κ2) is 8.01. The van der Waals surface area contributed by atoms with Crippen LogP contribution in [0, 0.1) is 6.92 Å². The van der Waals surface area contributed by atoms with Gasteiger partial charge in [-0.3, -0.25) is 9.10 Å². The number of carbonyl (C=O) groups excluding carboxylic acids is 1. The van der Waals surface area contributed by atoms with Crippen LogP contribution in [-0.4, -0.2) is 27.1 Å². The number of sulfonamides is 1. The van der Waals surface area contributed by atoms with Gasteiger partial charge in [0, 0.05) is 4.47 Å². The summed E-state index contributed by atoms with van der Waals surface area (Å²) in [5.74, 6) is -0.360. The molecule has 1 amide bonds. The number of nitrogens with zero attached hydrogens (tertiary/aromatic N) is 1. The first-order chi connectivity index (χ1) is 11.7. The molecule has 1 atom stereocenters. The van der Waals surface area contributed by atoms with Gasteiger partial charge in [-0.15, -0.1) is 0 Å². The quantitative estimate of drug-likeness (QED) is 0.772. The molecule has 2 aromatic carbocycles. The van der Waals surface area contributed by atoms with Crippen LogP contribution in [-0.2, 0) is 14.8 Å². The minimum Gasteiger partial charge on any atom is -0.348 e. The molecule has 2 rings (SSSR count). The molecule has 0 spiro atoms. The predicted octanol–water partition coefficient (Wildman–Crippen LogP) is 3.40. The summed E-state index contributed by atoms with van der Waals surface area (Å²) in [5.41, 5.74) is 2.55. The minimum absolute atomic E-state index is 0.209. The van der Waals surface area contributed by atoms with Gasteiger partial charge in [0.2, 0.25) is 15.9 Å². The highest BCUT2D eigenvalue weighted by Gasteiger charge is 2.21. The maximum Gasteiger partial charge on any atom is 0.241 e. The van der Waals surface area contributed by atoms with Gasteiger partial charge < -0.3 is 5.32 Å². The monoisotopic (exact) mass is 424 g/mol. The van der Waals surface area contributed by atoms with Crippen LogP contribution in [0.25, 0.3) is 0 Å². The first-order valence-corrected chi connectivity index (χ1v) is 10.4. The highest BCUT2D eigenvalue weighted by molar-refractivity contribution is 9.10. The Balaban J connectivity index is 2.12. The molecule has 0 saturated carbocycles. The number of carbonyl (C=O) groups is 1. The van der Waals surface area contributed by atoms with E-state index < -0.39 is 10.0 Å². The first-order valence-electron chi connectivity index (χ1n) is 7.76. The van der Waals surface area contributed by atoms with Crippen molar-refractivity contribution in [2.24, 2.45) is 0 Å². The van der Waals surface area contributed by atoms with Gasteiger partial charge in [-0.25, -0.2) is 8.42 Å². The molecule has 0 radical (unpaired) electrons. The van der Waals surface area contributed by atoms with Crippen molar-refractivity contribution in [3.63, 3.8) is 0 Å². The van der Waals surface area contributed by atoms with Crippen molar-refractivity contribution >= 4 is 37.5 Å². The third-order valence-corrected chi connectivity index (χ3v) is 5.43. The largest absolute Gasteiger partial charge is 0.348 e. The van der Waals surface area contributed by atoms with Crippen molar-refractivity contribution in [2.45, 2.75) is 19.9 Å². The number of halogens is 1. The van der Waals surface area contributed by atoms with Crippen LogP contribution in [0.5, 0.6) is 0 Å². The van der Waals surface area contributed by atoms with Crippen LogP contribution >= 0.6 is 15.9 Å². The van der Waals surface area contributed by atoms with E-state index in [1.165, 1.54) is 0 Å². The molecule has 0 bridgehead atoms. The summed E-state index contributed by atoms with van der Waals surface area (Å²) in [6, 6.07) is 14.4. The Morgan fingerprint density at radius 3 is 2.20 bits per heavy atom. The normalized spacial score (nSPS) is 12.5. The number of hydrogen-bond donors (Lipinski definition) is 1. The standard InChI is InChI=1S/C18H21BrN2O3S/c1-13-4-6-15(7-5-13)14(2)20-18(22)12-21(25(3,23)24)17-10-8-16(19)9-11-17/h4-11,14H,12H2,1-3H3,(H,20,22)/t14-/m1/s1. The van der Waals surface area contributed by atoms with Crippen molar-refractivity contribution in [3.05, 3.63) is 64.1 Å². The Morgan fingerprint density at radius 2 is 1.68 bits per heavy atom. The lowest BCUT2D eigenvalue weighted by molar-refractivity contribution is -0.120. The van der Waals surface area contributed by atoms with Crippen LogP contribution in [0.15, 0.2) is 53.0 Å². The molecule has 0 fully saturated rings. The van der Waals surface area contributed by atoms with Gasteiger partial charge in [0.25, 0.3) is 0 Å². The van der Waals surface area contributed by atoms with Crippen LogP contribution < -0.4 is 9.62 Å². The first kappa shape index (κ1) is 19.5. The SMILES string of the molecule is Cc1ccc([C@@H](C)NC(=O)CN(c2ccc(Br)cc2)S(C)(=O)=O)cc1. The fourth-order valence-corrected chi connectivity index (χ4v) is 3.48. The maximum absolute atomic E-state index is 12.4. The lowest BCUT2D eigenvalue weighted by atomic mass is 10.1. The van der Waals surface area contributed by atoms with Crippen molar-refractivity contribution in [3.8, 4) is 0 Å². The number of rotatable bonds is 6. The van der Waals surface area contributed by atoms with Gasteiger partial charge in [-0.2, -0.15) is 0 Å². The Bertz CT molecular complexity index is 834. The molecule has 0 unspecified atom stereocenters. The predicted molar refractivity (Wildman–Crippen MR) is 104 cm³/mol. The molecule has 2 aromatic rings. The van der Waals surface area contributed by atoms with E-state index in [1.807, 2.05) is 38.1 Å². The Labute approximate surface area is 157 Å². The number of aryl methyl sites for hydroxylation is 1. The molecule has 0 saturated heterocycles. The zero-order chi connectivity index (χ0) is 18.6. The molecule has 134 valence electrons. The minimum atomic E-state index is -3.57. The third-order valence-electron chi connectivity index (χ3n) is 3.76. The lowest BCUT2D eigenvalue weighted by Gasteiger charge is -2.23. The number of nitrogens with one attached hydrogen (secondary N) is 1. The van der Waals surface area contributed by atoms with Gasteiger partial charge in [0.05, 0.1) is 18.0 Å². The van der Waals surface area contributed by atoms with E-state index in [1.54, 1.807) is 24.3 Å². The van der Waals surface area contributed by atoms with Gasteiger partial charge in [-0.05, 0) is 43.7 Å². The molecule has 0 aromatic heterocycles. The smallest absolute Gasteiger partial charge is 0.241 e. The Morgan fingerprint density at radius 1 is 1.12 bits per heavy atom. The molecule has 1 N–H and O–H groups in total. The van der Waals surface area contributed by atoms with E-state index in [0.29, 0.717) is 5.69 Å². The van der Waals surface area contributed by atoms with Crippen LogP contribution in [0.1, 0.15) is 24.1 Å². The second-order valence-electron chi connectivity index (χ2n) is 5.95. The zero-order valence-electron chi connectivity index (χ0n) is 14.4. The maximum atomic E-state index is 12.4. The number of benzene rings is 2. The van der Waals surface area contributed by atoms with Crippen molar-refractivity contribution in [2.75, 3.05) is 17.1 Å². The molecule has 0 aliphatic heterocycles. The van der Waals surface area contributed by atoms with E-state index >= 15 is 0 Å². The third kappa shape index (κ3) is 5.57. The summed E-state index contributed by atoms with van der Waals surface area (Å²) in [7, 11) is -3.57. The molecular formula is C18H21BrN2O3S. The Kier molecular flexibility index (Phi) is 6.24. The second-order valence-corrected chi connectivity index (χ2v) is 8.77. The van der Waals surface area contributed by atoms with Crippen molar-refractivity contribution < 1.29 is 13.2 Å². The van der Waals surface area contributed by atoms with Crippen LogP contribution in [0.4, 0.5) is 5.69 Å². The molecule has 0 aliphatic rings. The fourth-order valence-electron chi connectivity index (χ4n) is 2.36. The summed E-state index contributed by atoms with van der Waals surface area (Å²) < 4.78 is 26.1. The topological polar surface area (TPSA) is 66.5 Å². The number of anilines is 1. The van der Waals surface area contributed by atoms with Gasteiger partial charge >= 0.3 is 0 Å². The van der Waals surface area contributed by atoms with Crippen molar-refractivity contribution in [1.29, 1.82) is 0 Å². The average Bonchev–Trinajstić information content (AvgIpc) is 2.53. The summed E-state index contributed by atoms with van der Waals surface area (Å²) in [4.78, 5) is 12.4. The average molecular weight is 425 g/mol. The van der Waals surface area contributed by atoms with Crippen LogP contribution in [0.3, 0.4) is 0 Å². The van der Waals surface area contributed by atoms with Crippen LogP contribution in [0.2, 0.25) is 0 Å². The summed E-state index contributed by atoms with van der Waals surface area (Å²) in [6.07, 6.45) is 1.09. The molecule has 25 heavy (non-hydrogen) atoms. The zero-order valence-corrected chi connectivity index (χ0v) is 16.8. The van der Waals surface area contributed by atoms with Gasteiger partial charge in [0.15, 0.2) is 0 Å². The highest BCUT2D eigenvalue weighted by atomic mass is 79.9.